The molecule has 0 aliphatic rings. The first-order chi connectivity index (χ1) is 9.63. The van der Waals surface area contributed by atoms with Crippen molar-refractivity contribution < 1.29 is 9.26 Å². The first-order valence-corrected chi connectivity index (χ1v) is 6.80. The summed E-state index contributed by atoms with van der Waals surface area (Å²) in [5.74, 6) is 1.78. The van der Waals surface area contributed by atoms with Crippen LogP contribution in [0.15, 0.2) is 41.1 Å². The van der Waals surface area contributed by atoms with Gasteiger partial charge in [-0.25, -0.2) is 0 Å². The molecule has 0 bridgehead atoms. The number of hydrogen-bond acceptors (Lipinski definition) is 3. The molecule has 0 fully saturated rings. The third-order valence-corrected chi connectivity index (χ3v) is 3.14. The summed E-state index contributed by atoms with van der Waals surface area (Å²) < 4.78 is 13.3. The van der Waals surface area contributed by atoms with Crippen LogP contribution < -0.4 is 4.74 Å². The van der Waals surface area contributed by atoms with Crippen LogP contribution in [0, 0.1) is 6.92 Å². The summed E-state index contributed by atoms with van der Waals surface area (Å²) in [6.45, 7) is 6.67. The summed E-state index contributed by atoms with van der Waals surface area (Å²) in [4.78, 5) is 0. The molecule has 0 amide bonds. The van der Waals surface area contributed by atoms with Gasteiger partial charge in [0.1, 0.15) is 5.75 Å². The number of fused-ring (bicyclic) bond motifs is 1. The van der Waals surface area contributed by atoms with Crippen LogP contribution in [0.5, 0.6) is 5.75 Å². The van der Waals surface area contributed by atoms with Crippen LogP contribution >= 0.6 is 0 Å². The Hall–Kier alpha value is -2.23. The summed E-state index contributed by atoms with van der Waals surface area (Å²) in [6.07, 6.45) is 2.22. The number of benzene rings is 1. The molecule has 0 atom stereocenters. The molecule has 0 N–H and O–H groups in total. The van der Waals surface area contributed by atoms with Crippen molar-refractivity contribution in [3.05, 3.63) is 48.0 Å². The molecule has 0 aliphatic carbocycles. The molecule has 0 saturated heterocycles. The first kappa shape index (κ1) is 12.8. The average molecular weight is 270 g/mol. The highest BCUT2D eigenvalue weighted by Gasteiger charge is 2.09. The van der Waals surface area contributed by atoms with Gasteiger partial charge >= 0.3 is 0 Å². The molecule has 4 nitrogen and oxygen atoms in total. The van der Waals surface area contributed by atoms with Crippen molar-refractivity contribution >= 4 is 10.9 Å². The van der Waals surface area contributed by atoms with Gasteiger partial charge in [0.25, 0.3) is 0 Å². The van der Waals surface area contributed by atoms with E-state index in [0.717, 1.165) is 28.1 Å². The van der Waals surface area contributed by atoms with Crippen molar-refractivity contribution in [2.24, 2.45) is 0 Å². The van der Waals surface area contributed by atoms with E-state index >= 15 is 0 Å². The van der Waals surface area contributed by atoms with Crippen LogP contribution in [0.2, 0.25) is 0 Å². The Kier molecular flexibility index (Phi) is 3.22. The summed E-state index contributed by atoms with van der Waals surface area (Å²) in [5.41, 5.74) is 2.04. The van der Waals surface area contributed by atoms with Crippen molar-refractivity contribution in [3.8, 4) is 5.75 Å². The van der Waals surface area contributed by atoms with Crippen molar-refractivity contribution in [3.63, 3.8) is 0 Å². The third-order valence-electron chi connectivity index (χ3n) is 3.14. The number of rotatable bonds is 4. The smallest absolute Gasteiger partial charge is 0.156 e. The fourth-order valence-corrected chi connectivity index (χ4v) is 2.35. The highest BCUT2D eigenvalue weighted by Crippen LogP contribution is 2.28. The Morgan fingerprint density at radius 3 is 2.85 bits per heavy atom. The third kappa shape index (κ3) is 2.41. The zero-order valence-corrected chi connectivity index (χ0v) is 12.0. The molecule has 0 unspecified atom stereocenters. The van der Waals surface area contributed by atoms with E-state index in [9.17, 15) is 0 Å². The van der Waals surface area contributed by atoms with Crippen molar-refractivity contribution in [2.45, 2.75) is 33.4 Å². The molecule has 2 aromatic heterocycles. The molecule has 20 heavy (non-hydrogen) atoms. The molecule has 3 aromatic rings. The Balaban J connectivity index is 1.97. The van der Waals surface area contributed by atoms with Gasteiger partial charge in [0.05, 0.1) is 23.9 Å². The van der Waals surface area contributed by atoms with Crippen LogP contribution in [0.4, 0.5) is 0 Å². The Bertz CT molecular complexity index is 725. The molecule has 0 spiro atoms. The Morgan fingerprint density at radius 2 is 2.15 bits per heavy atom. The number of nitrogens with zero attached hydrogens (tertiary/aromatic N) is 2. The topological polar surface area (TPSA) is 40.2 Å². The van der Waals surface area contributed by atoms with Gasteiger partial charge in [-0.2, -0.15) is 0 Å². The summed E-state index contributed by atoms with van der Waals surface area (Å²) >= 11 is 0. The number of aromatic nitrogens is 2. The quantitative estimate of drug-likeness (QED) is 0.724. The fourth-order valence-electron chi connectivity index (χ4n) is 2.35. The summed E-state index contributed by atoms with van der Waals surface area (Å²) in [5, 5.41) is 5.04. The molecule has 0 aliphatic heterocycles. The van der Waals surface area contributed by atoms with Crippen LogP contribution in [0.3, 0.4) is 0 Å². The van der Waals surface area contributed by atoms with Crippen LogP contribution in [-0.4, -0.2) is 15.8 Å². The van der Waals surface area contributed by atoms with E-state index < -0.39 is 0 Å². The number of aryl methyl sites for hydroxylation is 1. The Morgan fingerprint density at radius 1 is 1.30 bits per heavy atom. The van der Waals surface area contributed by atoms with E-state index in [1.807, 2.05) is 39.0 Å². The van der Waals surface area contributed by atoms with E-state index in [1.165, 1.54) is 0 Å². The zero-order chi connectivity index (χ0) is 14.1. The van der Waals surface area contributed by atoms with Crippen LogP contribution in [0.25, 0.3) is 10.9 Å². The lowest BCUT2D eigenvalue weighted by atomic mass is 10.2. The lowest BCUT2D eigenvalue weighted by molar-refractivity contribution is 0.245. The molecule has 104 valence electrons. The minimum Gasteiger partial charge on any atom is -0.490 e. The normalized spacial score (nSPS) is 11.4. The second-order valence-electron chi connectivity index (χ2n) is 5.23. The average Bonchev–Trinajstić information content (AvgIpc) is 2.97. The standard InChI is InChI=1S/C16H18N2O2/c1-11(2)19-16-6-4-5-15-14(16)7-8-18(15)10-13-9-12(3)17-20-13/h4-9,11H,10H2,1-3H3. The Labute approximate surface area is 117 Å². The maximum absolute atomic E-state index is 5.85. The predicted octanol–water partition coefficient (Wildman–Crippen LogP) is 3.77. The minimum absolute atomic E-state index is 0.167. The molecular formula is C16H18N2O2. The molecule has 0 radical (unpaired) electrons. The highest BCUT2D eigenvalue weighted by molar-refractivity contribution is 5.86. The van der Waals surface area contributed by atoms with Crippen molar-refractivity contribution in [1.82, 2.24) is 9.72 Å². The van der Waals surface area contributed by atoms with Gasteiger partial charge in [-0.3, -0.25) is 0 Å². The minimum atomic E-state index is 0.167. The van der Waals surface area contributed by atoms with E-state index in [2.05, 4.69) is 28.1 Å². The molecule has 4 heteroatoms. The van der Waals surface area contributed by atoms with E-state index in [0.29, 0.717) is 6.54 Å². The molecule has 2 heterocycles. The van der Waals surface area contributed by atoms with Gasteiger partial charge in [0.2, 0.25) is 0 Å². The molecule has 0 saturated carbocycles. The van der Waals surface area contributed by atoms with Gasteiger partial charge in [0, 0.05) is 17.6 Å². The predicted molar refractivity (Wildman–Crippen MR) is 78.0 cm³/mol. The maximum Gasteiger partial charge on any atom is 0.156 e. The van der Waals surface area contributed by atoms with E-state index in [4.69, 9.17) is 9.26 Å². The maximum atomic E-state index is 5.85. The van der Waals surface area contributed by atoms with E-state index in [1.54, 1.807) is 0 Å². The molecule has 3 rings (SSSR count). The van der Waals surface area contributed by atoms with Crippen LogP contribution in [0.1, 0.15) is 25.3 Å². The van der Waals surface area contributed by atoms with Crippen molar-refractivity contribution in [2.75, 3.05) is 0 Å². The summed E-state index contributed by atoms with van der Waals surface area (Å²) in [7, 11) is 0. The van der Waals surface area contributed by atoms with Gasteiger partial charge in [-0.05, 0) is 39.0 Å². The molecular weight excluding hydrogens is 252 g/mol. The van der Waals surface area contributed by atoms with Crippen molar-refractivity contribution in [1.29, 1.82) is 0 Å². The summed E-state index contributed by atoms with van der Waals surface area (Å²) in [6, 6.07) is 10.1. The second-order valence-corrected chi connectivity index (χ2v) is 5.23. The largest absolute Gasteiger partial charge is 0.490 e. The second kappa shape index (κ2) is 5.04. The van der Waals surface area contributed by atoms with Gasteiger partial charge in [-0.15, -0.1) is 0 Å². The van der Waals surface area contributed by atoms with Gasteiger partial charge < -0.3 is 13.8 Å². The lowest BCUT2D eigenvalue weighted by Gasteiger charge is -2.11. The first-order valence-electron chi connectivity index (χ1n) is 6.80. The van der Waals surface area contributed by atoms with Crippen LogP contribution in [-0.2, 0) is 6.54 Å². The number of ether oxygens (including phenoxy) is 1. The zero-order valence-electron chi connectivity index (χ0n) is 12.0. The molecule has 1 aromatic carbocycles. The SMILES string of the molecule is Cc1cc(Cn2ccc3c(OC(C)C)cccc32)on1. The van der Waals surface area contributed by atoms with Gasteiger partial charge in [0.15, 0.2) is 5.76 Å². The van der Waals surface area contributed by atoms with Gasteiger partial charge in [-0.1, -0.05) is 11.2 Å². The number of hydrogen-bond donors (Lipinski definition) is 0. The highest BCUT2D eigenvalue weighted by atomic mass is 16.5. The van der Waals surface area contributed by atoms with E-state index in [-0.39, 0.29) is 6.10 Å². The lowest BCUT2D eigenvalue weighted by Crippen LogP contribution is -2.05. The fraction of sp³-hybridized carbons (Fsp3) is 0.312. The monoisotopic (exact) mass is 270 g/mol.